The molecule has 1 N–H and O–H groups in total. The van der Waals surface area contributed by atoms with Gasteiger partial charge in [-0.1, -0.05) is 55.3 Å². The van der Waals surface area contributed by atoms with Crippen molar-refractivity contribution in [3.8, 4) is 0 Å². The Kier molecular flexibility index (Phi) is 6.06. The summed E-state index contributed by atoms with van der Waals surface area (Å²) in [4.78, 5) is 4.83. The fourth-order valence-corrected chi connectivity index (χ4v) is 3.72. The first kappa shape index (κ1) is 16.5. The SMILES string of the molecule is S=C(NC1CCCC1)N1CCN(C/C=C\c2ccccc2)CC1. The lowest BCUT2D eigenvalue weighted by atomic mass is 10.2. The van der Waals surface area contributed by atoms with Crippen molar-refractivity contribution in [3.05, 3.63) is 42.0 Å². The van der Waals surface area contributed by atoms with E-state index in [1.165, 1.54) is 31.2 Å². The van der Waals surface area contributed by atoms with Gasteiger partial charge < -0.3 is 10.2 Å². The zero-order valence-electron chi connectivity index (χ0n) is 13.8. The molecule has 3 nitrogen and oxygen atoms in total. The molecule has 0 bridgehead atoms. The van der Waals surface area contributed by atoms with Gasteiger partial charge in [-0.2, -0.15) is 0 Å². The molecule has 0 spiro atoms. The lowest BCUT2D eigenvalue weighted by Crippen LogP contribution is -2.53. The summed E-state index contributed by atoms with van der Waals surface area (Å²) < 4.78 is 0. The molecule has 1 heterocycles. The molecular formula is C19H27N3S. The summed E-state index contributed by atoms with van der Waals surface area (Å²) in [5.74, 6) is 0. The fourth-order valence-electron chi connectivity index (χ4n) is 3.37. The molecule has 0 atom stereocenters. The van der Waals surface area contributed by atoms with Gasteiger partial charge in [0.05, 0.1) is 0 Å². The van der Waals surface area contributed by atoms with Crippen LogP contribution in [0.3, 0.4) is 0 Å². The van der Waals surface area contributed by atoms with E-state index >= 15 is 0 Å². The first-order valence-corrected chi connectivity index (χ1v) is 9.21. The molecule has 23 heavy (non-hydrogen) atoms. The van der Waals surface area contributed by atoms with E-state index in [0.29, 0.717) is 6.04 Å². The molecule has 0 amide bonds. The highest BCUT2D eigenvalue weighted by atomic mass is 32.1. The first-order valence-electron chi connectivity index (χ1n) is 8.80. The van der Waals surface area contributed by atoms with E-state index in [1.54, 1.807) is 0 Å². The van der Waals surface area contributed by atoms with Gasteiger partial charge in [0, 0.05) is 38.8 Å². The molecule has 1 aromatic carbocycles. The Morgan fingerprint density at radius 1 is 1.09 bits per heavy atom. The monoisotopic (exact) mass is 329 g/mol. The quantitative estimate of drug-likeness (QED) is 0.855. The first-order chi connectivity index (χ1) is 11.3. The predicted molar refractivity (Wildman–Crippen MR) is 101 cm³/mol. The van der Waals surface area contributed by atoms with Crippen molar-refractivity contribution >= 4 is 23.4 Å². The summed E-state index contributed by atoms with van der Waals surface area (Å²) in [6.07, 6.45) is 9.73. The highest BCUT2D eigenvalue weighted by molar-refractivity contribution is 7.80. The molecule has 4 heteroatoms. The molecule has 1 aliphatic heterocycles. The topological polar surface area (TPSA) is 18.5 Å². The van der Waals surface area contributed by atoms with E-state index in [2.05, 4.69) is 57.6 Å². The summed E-state index contributed by atoms with van der Waals surface area (Å²) >= 11 is 5.58. The number of hydrogen-bond donors (Lipinski definition) is 1. The van der Waals surface area contributed by atoms with Crippen molar-refractivity contribution in [2.75, 3.05) is 32.7 Å². The molecule has 3 rings (SSSR count). The lowest BCUT2D eigenvalue weighted by molar-refractivity contribution is 0.196. The Morgan fingerprint density at radius 3 is 2.48 bits per heavy atom. The van der Waals surface area contributed by atoms with Gasteiger partial charge >= 0.3 is 0 Å². The lowest BCUT2D eigenvalue weighted by Gasteiger charge is -2.36. The van der Waals surface area contributed by atoms with Gasteiger partial charge in [-0.05, 0) is 30.6 Å². The van der Waals surface area contributed by atoms with E-state index < -0.39 is 0 Å². The van der Waals surface area contributed by atoms with Crippen molar-refractivity contribution < 1.29 is 0 Å². The van der Waals surface area contributed by atoms with Gasteiger partial charge in [0.1, 0.15) is 0 Å². The summed E-state index contributed by atoms with van der Waals surface area (Å²) in [7, 11) is 0. The third-order valence-electron chi connectivity index (χ3n) is 4.82. The highest BCUT2D eigenvalue weighted by Gasteiger charge is 2.21. The minimum atomic E-state index is 0.620. The van der Waals surface area contributed by atoms with Crippen LogP contribution in [0.25, 0.3) is 6.08 Å². The van der Waals surface area contributed by atoms with Gasteiger partial charge in [0.2, 0.25) is 0 Å². The van der Waals surface area contributed by atoms with Crippen LogP contribution in [0.5, 0.6) is 0 Å². The molecule has 2 aliphatic rings. The maximum atomic E-state index is 5.58. The molecule has 1 aliphatic carbocycles. The number of rotatable bonds is 4. The van der Waals surface area contributed by atoms with Crippen LogP contribution in [0.1, 0.15) is 31.2 Å². The number of nitrogens with zero attached hydrogens (tertiary/aromatic N) is 2. The second-order valence-corrected chi connectivity index (χ2v) is 6.92. The van der Waals surface area contributed by atoms with Crippen LogP contribution in [-0.2, 0) is 0 Å². The average molecular weight is 330 g/mol. The van der Waals surface area contributed by atoms with Gasteiger partial charge in [0.25, 0.3) is 0 Å². The normalized spacial score (nSPS) is 20.3. The molecule has 2 fully saturated rings. The molecule has 0 aromatic heterocycles. The largest absolute Gasteiger partial charge is 0.360 e. The number of piperazine rings is 1. The number of hydrogen-bond acceptors (Lipinski definition) is 2. The summed E-state index contributed by atoms with van der Waals surface area (Å²) in [6, 6.07) is 11.1. The van der Waals surface area contributed by atoms with Crippen LogP contribution in [-0.4, -0.2) is 53.7 Å². The summed E-state index contributed by atoms with van der Waals surface area (Å²) in [6.45, 7) is 5.28. The average Bonchev–Trinajstić information content (AvgIpc) is 3.09. The molecule has 1 saturated carbocycles. The summed E-state index contributed by atoms with van der Waals surface area (Å²) in [5, 5.41) is 4.52. The van der Waals surface area contributed by atoms with E-state index in [9.17, 15) is 0 Å². The molecule has 1 saturated heterocycles. The summed E-state index contributed by atoms with van der Waals surface area (Å²) in [5.41, 5.74) is 1.27. The minimum absolute atomic E-state index is 0.620. The Labute approximate surface area is 145 Å². The maximum Gasteiger partial charge on any atom is 0.169 e. The van der Waals surface area contributed by atoms with Crippen LogP contribution in [0, 0.1) is 0 Å². The van der Waals surface area contributed by atoms with E-state index in [1.807, 2.05) is 0 Å². The van der Waals surface area contributed by atoms with Crippen molar-refractivity contribution in [2.24, 2.45) is 0 Å². The number of benzene rings is 1. The molecule has 124 valence electrons. The fraction of sp³-hybridized carbons (Fsp3) is 0.526. The Bertz CT molecular complexity index is 515. The van der Waals surface area contributed by atoms with Crippen molar-refractivity contribution in [2.45, 2.75) is 31.7 Å². The Morgan fingerprint density at radius 2 is 1.78 bits per heavy atom. The zero-order valence-corrected chi connectivity index (χ0v) is 14.6. The minimum Gasteiger partial charge on any atom is -0.360 e. The smallest absolute Gasteiger partial charge is 0.169 e. The zero-order chi connectivity index (χ0) is 15.9. The second kappa shape index (κ2) is 8.46. The van der Waals surface area contributed by atoms with Crippen molar-refractivity contribution in [3.63, 3.8) is 0 Å². The molecule has 0 radical (unpaired) electrons. The molecule has 1 aromatic rings. The maximum absolute atomic E-state index is 5.58. The van der Waals surface area contributed by atoms with Gasteiger partial charge in [-0.15, -0.1) is 0 Å². The van der Waals surface area contributed by atoms with Gasteiger partial charge in [0.15, 0.2) is 5.11 Å². The molecular weight excluding hydrogens is 302 g/mol. The third kappa shape index (κ3) is 5.05. The van der Waals surface area contributed by atoms with Crippen molar-refractivity contribution in [1.82, 2.24) is 15.1 Å². The van der Waals surface area contributed by atoms with Crippen LogP contribution >= 0.6 is 12.2 Å². The van der Waals surface area contributed by atoms with Crippen LogP contribution < -0.4 is 5.32 Å². The van der Waals surface area contributed by atoms with E-state index in [0.717, 1.165) is 37.8 Å². The predicted octanol–water partition coefficient (Wildman–Crippen LogP) is 3.13. The van der Waals surface area contributed by atoms with Crippen molar-refractivity contribution in [1.29, 1.82) is 0 Å². The van der Waals surface area contributed by atoms with Gasteiger partial charge in [-0.25, -0.2) is 0 Å². The van der Waals surface area contributed by atoms with Crippen LogP contribution in [0.15, 0.2) is 36.4 Å². The molecule has 0 unspecified atom stereocenters. The highest BCUT2D eigenvalue weighted by Crippen LogP contribution is 2.18. The Balaban J connectivity index is 1.38. The standard InChI is InChI=1S/C19H27N3S/c23-19(20-18-10-4-5-11-18)22-15-13-21(14-16-22)12-6-9-17-7-2-1-3-8-17/h1-3,6-9,18H,4-5,10-16H2,(H,20,23)/b9-6-. The van der Waals surface area contributed by atoms with Gasteiger partial charge in [-0.3, -0.25) is 4.90 Å². The van der Waals surface area contributed by atoms with Crippen LogP contribution in [0.2, 0.25) is 0 Å². The second-order valence-electron chi connectivity index (χ2n) is 6.53. The third-order valence-corrected chi connectivity index (χ3v) is 5.19. The van der Waals surface area contributed by atoms with E-state index in [4.69, 9.17) is 12.2 Å². The number of nitrogens with one attached hydrogen (secondary N) is 1. The number of thiocarbonyl (C=S) groups is 1. The van der Waals surface area contributed by atoms with Crippen LogP contribution in [0.4, 0.5) is 0 Å². The van der Waals surface area contributed by atoms with E-state index in [-0.39, 0.29) is 0 Å². The Hall–Kier alpha value is -1.39.